The molecule has 0 aliphatic heterocycles. The molecule has 1 atom stereocenters. The molecule has 0 saturated heterocycles. The standard InChI is InChI=1S/C15H13FINO/c16-14-9-11(17)6-7-12(14)13(15(18)19)8-10-4-2-1-3-5-10/h1-7,9,13H,8H2,(H2,18,19). The molecule has 2 aromatic carbocycles. The van der Waals surface area contributed by atoms with E-state index in [2.05, 4.69) is 0 Å². The highest BCUT2D eigenvalue weighted by atomic mass is 127. The minimum atomic E-state index is -0.639. The molecule has 0 saturated carbocycles. The fraction of sp³-hybridized carbons (Fsp3) is 0.133. The number of carbonyl (C=O) groups excluding carboxylic acids is 1. The van der Waals surface area contributed by atoms with Gasteiger partial charge in [-0.15, -0.1) is 0 Å². The van der Waals surface area contributed by atoms with Crippen molar-refractivity contribution >= 4 is 28.5 Å². The lowest BCUT2D eigenvalue weighted by Gasteiger charge is -2.15. The molecular formula is C15H13FINO. The maximum Gasteiger partial charge on any atom is 0.225 e. The molecule has 0 fully saturated rings. The molecule has 1 unspecified atom stereocenters. The summed E-state index contributed by atoms with van der Waals surface area (Å²) in [6.45, 7) is 0. The normalized spacial score (nSPS) is 12.1. The Morgan fingerprint density at radius 3 is 2.47 bits per heavy atom. The van der Waals surface area contributed by atoms with Gasteiger partial charge in [0.1, 0.15) is 5.82 Å². The van der Waals surface area contributed by atoms with Crippen molar-refractivity contribution in [1.82, 2.24) is 0 Å². The Morgan fingerprint density at radius 2 is 1.89 bits per heavy atom. The lowest BCUT2D eigenvalue weighted by Crippen LogP contribution is -2.24. The lowest BCUT2D eigenvalue weighted by atomic mass is 9.91. The summed E-state index contributed by atoms with van der Waals surface area (Å²) in [5.41, 5.74) is 6.74. The third-order valence-corrected chi connectivity index (χ3v) is 3.63. The number of carbonyl (C=O) groups is 1. The highest BCUT2D eigenvalue weighted by Gasteiger charge is 2.21. The summed E-state index contributed by atoms with van der Waals surface area (Å²) in [5.74, 6) is -1.53. The van der Waals surface area contributed by atoms with Gasteiger partial charge in [0, 0.05) is 9.13 Å². The van der Waals surface area contributed by atoms with Crippen LogP contribution in [0.25, 0.3) is 0 Å². The van der Waals surface area contributed by atoms with Gasteiger partial charge in [-0.3, -0.25) is 4.79 Å². The molecule has 0 aliphatic rings. The van der Waals surface area contributed by atoms with Gasteiger partial charge in [0.2, 0.25) is 5.91 Å². The molecule has 0 aromatic heterocycles. The zero-order valence-corrected chi connectivity index (χ0v) is 12.3. The van der Waals surface area contributed by atoms with Crippen molar-refractivity contribution in [2.24, 2.45) is 5.73 Å². The van der Waals surface area contributed by atoms with Gasteiger partial charge in [-0.2, -0.15) is 0 Å². The largest absolute Gasteiger partial charge is 0.369 e. The summed E-state index contributed by atoms with van der Waals surface area (Å²) >= 11 is 2.03. The number of nitrogens with two attached hydrogens (primary N) is 1. The van der Waals surface area contributed by atoms with E-state index < -0.39 is 11.8 Å². The average molecular weight is 369 g/mol. The van der Waals surface area contributed by atoms with Gasteiger partial charge in [-0.1, -0.05) is 36.4 Å². The molecule has 1 amide bonds. The summed E-state index contributed by atoms with van der Waals surface area (Å²) in [6, 6.07) is 14.3. The van der Waals surface area contributed by atoms with Gasteiger partial charge >= 0.3 is 0 Å². The quantitative estimate of drug-likeness (QED) is 0.827. The Hall–Kier alpha value is -1.43. The van der Waals surface area contributed by atoms with Crippen LogP contribution in [0.1, 0.15) is 17.0 Å². The van der Waals surface area contributed by atoms with Crippen molar-refractivity contribution < 1.29 is 9.18 Å². The minimum absolute atomic E-state index is 0.358. The third-order valence-electron chi connectivity index (χ3n) is 2.96. The smallest absolute Gasteiger partial charge is 0.225 e. The molecule has 0 spiro atoms. The topological polar surface area (TPSA) is 43.1 Å². The molecule has 0 bridgehead atoms. The number of hydrogen-bond acceptors (Lipinski definition) is 1. The van der Waals surface area contributed by atoms with E-state index in [1.54, 1.807) is 12.1 Å². The van der Waals surface area contributed by atoms with E-state index in [4.69, 9.17) is 5.73 Å². The van der Waals surface area contributed by atoms with E-state index in [-0.39, 0.29) is 5.82 Å². The monoisotopic (exact) mass is 369 g/mol. The molecule has 2 nitrogen and oxygen atoms in total. The van der Waals surface area contributed by atoms with Crippen LogP contribution in [0, 0.1) is 9.39 Å². The Morgan fingerprint density at radius 1 is 1.21 bits per heavy atom. The number of halogens is 2. The van der Waals surface area contributed by atoms with Crippen molar-refractivity contribution in [1.29, 1.82) is 0 Å². The van der Waals surface area contributed by atoms with Crippen LogP contribution in [-0.4, -0.2) is 5.91 Å². The lowest BCUT2D eigenvalue weighted by molar-refractivity contribution is -0.119. The first-order chi connectivity index (χ1) is 9.08. The Balaban J connectivity index is 2.33. The van der Waals surface area contributed by atoms with E-state index in [9.17, 15) is 9.18 Å². The average Bonchev–Trinajstić information content (AvgIpc) is 2.38. The fourth-order valence-electron chi connectivity index (χ4n) is 2.00. The van der Waals surface area contributed by atoms with Crippen LogP contribution in [0.15, 0.2) is 48.5 Å². The van der Waals surface area contributed by atoms with E-state index in [0.717, 1.165) is 9.13 Å². The molecule has 2 rings (SSSR count). The Bertz CT molecular complexity index is 586. The molecule has 2 aromatic rings. The van der Waals surface area contributed by atoms with Crippen molar-refractivity contribution in [2.45, 2.75) is 12.3 Å². The van der Waals surface area contributed by atoms with Crippen LogP contribution >= 0.6 is 22.6 Å². The maximum absolute atomic E-state index is 14.0. The van der Waals surface area contributed by atoms with Crippen LogP contribution in [0.3, 0.4) is 0 Å². The van der Waals surface area contributed by atoms with E-state index in [1.807, 2.05) is 52.9 Å². The molecular weight excluding hydrogens is 356 g/mol. The summed E-state index contributed by atoms with van der Waals surface area (Å²) in [5, 5.41) is 0. The van der Waals surface area contributed by atoms with E-state index >= 15 is 0 Å². The van der Waals surface area contributed by atoms with Crippen LogP contribution < -0.4 is 5.73 Å². The highest BCUT2D eigenvalue weighted by molar-refractivity contribution is 14.1. The van der Waals surface area contributed by atoms with Crippen LogP contribution in [0.5, 0.6) is 0 Å². The van der Waals surface area contributed by atoms with E-state index in [1.165, 1.54) is 6.07 Å². The summed E-state index contributed by atoms with van der Waals surface area (Å²) in [4.78, 5) is 11.6. The van der Waals surface area contributed by atoms with Crippen LogP contribution in [0.4, 0.5) is 4.39 Å². The molecule has 0 radical (unpaired) electrons. The molecule has 98 valence electrons. The van der Waals surface area contributed by atoms with Crippen molar-refractivity contribution in [3.05, 3.63) is 69.0 Å². The predicted molar refractivity (Wildman–Crippen MR) is 81.2 cm³/mol. The first-order valence-electron chi connectivity index (χ1n) is 5.86. The Kier molecular flexibility index (Phi) is 4.52. The maximum atomic E-state index is 14.0. The summed E-state index contributed by atoms with van der Waals surface area (Å²) in [6.07, 6.45) is 0.410. The zero-order chi connectivity index (χ0) is 13.8. The minimum Gasteiger partial charge on any atom is -0.369 e. The van der Waals surface area contributed by atoms with Crippen LogP contribution in [-0.2, 0) is 11.2 Å². The molecule has 4 heteroatoms. The zero-order valence-electron chi connectivity index (χ0n) is 10.1. The van der Waals surface area contributed by atoms with Gasteiger partial charge in [0.15, 0.2) is 0 Å². The number of amides is 1. The van der Waals surface area contributed by atoms with Crippen molar-refractivity contribution in [3.8, 4) is 0 Å². The molecule has 0 aliphatic carbocycles. The Labute approximate surface area is 125 Å². The number of rotatable bonds is 4. The molecule has 0 heterocycles. The first-order valence-corrected chi connectivity index (χ1v) is 6.94. The predicted octanol–water partition coefficient (Wildman–Crippen LogP) is 3.24. The van der Waals surface area contributed by atoms with Gasteiger partial charge in [-0.05, 0) is 46.7 Å². The van der Waals surface area contributed by atoms with Gasteiger partial charge in [-0.25, -0.2) is 4.39 Å². The number of hydrogen-bond donors (Lipinski definition) is 1. The molecule has 2 N–H and O–H groups in total. The second-order valence-electron chi connectivity index (χ2n) is 4.31. The summed E-state index contributed by atoms with van der Waals surface area (Å²) in [7, 11) is 0. The van der Waals surface area contributed by atoms with Crippen LogP contribution in [0.2, 0.25) is 0 Å². The van der Waals surface area contributed by atoms with Gasteiger partial charge < -0.3 is 5.73 Å². The van der Waals surface area contributed by atoms with Crippen molar-refractivity contribution in [3.63, 3.8) is 0 Å². The second-order valence-corrected chi connectivity index (χ2v) is 5.56. The van der Waals surface area contributed by atoms with Gasteiger partial charge in [0.25, 0.3) is 0 Å². The van der Waals surface area contributed by atoms with Crippen molar-refractivity contribution in [2.75, 3.05) is 0 Å². The number of benzene rings is 2. The highest BCUT2D eigenvalue weighted by Crippen LogP contribution is 2.24. The number of primary amides is 1. The third kappa shape index (κ3) is 3.53. The van der Waals surface area contributed by atoms with E-state index in [0.29, 0.717) is 12.0 Å². The fourth-order valence-corrected chi connectivity index (χ4v) is 2.45. The first kappa shape index (κ1) is 14.0. The SMILES string of the molecule is NC(=O)C(Cc1ccccc1)c1ccc(I)cc1F. The van der Waals surface area contributed by atoms with Gasteiger partial charge in [0.05, 0.1) is 5.92 Å². The molecule has 19 heavy (non-hydrogen) atoms. The summed E-state index contributed by atoms with van der Waals surface area (Å²) < 4.78 is 14.7. The second kappa shape index (κ2) is 6.14.